The first kappa shape index (κ1) is 12.7. The van der Waals surface area contributed by atoms with Gasteiger partial charge in [-0.25, -0.2) is 0 Å². The first-order valence-electron chi connectivity index (χ1n) is 6.62. The van der Waals surface area contributed by atoms with Gasteiger partial charge in [0, 0.05) is 30.1 Å². The minimum absolute atomic E-state index is 0.437. The van der Waals surface area contributed by atoms with Gasteiger partial charge in [0.2, 0.25) is 0 Å². The van der Waals surface area contributed by atoms with Crippen LogP contribution in [0.5, 0.6) is 0 Å². The van der Waals surface area contributed by atoms with Crippen LogP contribution in [0.2, 0.25) is 0 Å². The van der Waals surface area contributed by atoms with Crippen molar-refractivity contribution in [3.05, 3.63) is 0 Å². The second-order valence-electron chi connectivity index (χ2n) is 6.23. The highest BCUT2D eigenvalue weighted by Crippen LogP contribution is 2.39. The van der Waals surface area contributed by atoms with Gasteiger partial charge in [-0.1, -0.05) is 12.8 Å². The number of hydrogen-bond acceptors (Lipinski definition) is 3. The summed E-state index contributed by atoms with van der Waals surface area (Å²) < 4.78 is 0.437. The zero-order valence-electron chi connectivity index (χ0n) is 10.8. The van der Waals surface area contributed by atoms with E-state index in [0.717, 1.165) is 6.54 Å². The Hall–Kier alpha value is 0.270. The molecule has 16 heavy (non-hydrogen) atoms. The molecule has 0 amide bonds. The van der Waals surface area contributed by atoms with Crippen LogP contribution in [0.3, 0.4) is 0 Å². The predicted molar refractivity (Wildman–Crippen MR) is 72.9 cm³/mol. The van der Waals surface area contributed by atoms with E-state index in [1.807, 2.05) is 0 Å². The molecule has 2 nitrogen and oxygen atoms in total. The summed E-state index contributed by atoms with van der Waals surface area (Å²) in [7, 11) is 0. The highest BCUT2D eigenvalue weighted by atomic mass is 32.2. The molecule has 94 valence electrons. The Morgan fingerprint density at radius 3 is 2.50 bits per heavy atom. The van der Waals surface area contributed by atoms with Gasteiger partial charge in [-0.3, -0.25) is 0 Å². The molecule has 1 saturated carbocycles. The Bertz CT molecular complexity index is 234. The van der Waals surface area contributed by atoms with E-state index >= 15 is 0 Å². The zero-order valence-corrected chi connectivity index (χ0v) is 11.6. The molecule has 0 bridgehead atoms. The minimum atomic E-state index is 0.437. The maximum absolute atomic E-state index is 6.02. The molecule has 1 aliphatic carbocycles. The molecule has 0 spiro atoms. The van der Waals surface area contributed by atoms with Gasteiger partial charge in [-0.15, -0.1) is 0 Å². The maximum atomic E-state index is 6.02. The van der Waals surface area contributed by atoms with Crippen molar-refractivity contribution in [3.63, 3.8) is 0 Å². The van der Waals surface area contributed by atoms with Crippen LogP contribution in [0.4, 0.5) is 0 Å². The molecule has 2 fully saturated rings. The molecular weight excluding hydrogens is 216 g/mol. The Morgan fingerprint density at radius 1 is 1.25 bits per heavy atom. The quantitative estimate of drug-likeness (QED) is 0.823. The maximum Gasteiger partial charge on any atom is 0.0231 e. The molecule has 2 rings (SSSR count). The first-order chi connectivity index (χ1) is 7.55. The van der Waals surface area contributed by atoms with E-state index in [2.05, 4.69) is 30.5 Å². The van der Waals surface area contributed by atoms with Crippen molar-refractivity contribution in [2.24, 2.45) is 11.1 Å². The third-order valence-electron chi connectivity index (χ3n) is 4.16. The topological polar surface area (TPSA) is 29.3 Å². The summed E-state index contributed by atoms with van der Waals surface area (Å²) in [5.74, 6) is 1.29. The van der Waals surface area contributed by atoms with Gasteiger partial charge in [0.25, 0.3) is 0 Å². The van der Waals surface area contributed by atoms with Crippen LogP contribution in [0, 0.1) is 5.41 Å². The summed E-state index contributed by atoms with van der Waals surface area (Å²) in [6.45, 7) is 9.36. The molecule has 3 heteroatoms. The Balaban J connectivity index is 1.93. The second-order valence-corrected chi connectivity index (χ2v) is 8.03. The third kappa shape index (κ3) is 2.93. The Morgan fingerprint density at radius 2 is 1.94 bits per heavy atom. The molecule has 0 aromatic carbocycles. The van der Waals surface area contributed by atoms with Crippen molar-refractivity contribution in [3.8, 4) is 0 Å². The molecular formula is C13H26N2S. The van der Waals surface area contributed by atoms with Gasteiger partial charge in [-0.2, -0.15) is 11.8 Å². The molecule has 0 unspecified atom stereocenters. The highest BCUT2D eigenvalue weighted by molar-refractivity contribution is 8.00. The molecule has 1 heterocycles. The van der Waals surface area contributed by atoms with Crippen LogP contribution in [0.25, 0.3) is 0 Å². The van der Waals surface area contributed by atoms with E-state index in [-0.39, 0.29) is 0 Å². The van der Waals surface area contributed by atoms with Gasteiger partial charge in [0.1, 0.15) is 0 Å². The van der Waals surface area contributed by atoms with Crippen molar-refractivity contribution < 1.29 is 0 Å². The minimum Gasteiger partial charge on any atom is -0.330 e. The van der Waals surface area contributed by atoms with Crippen molar-refractivity contribution >= 4 is 11.8 Å². The summed E-state index contributed by atoms with van der Waals surface area (Å²) in [4.78, 5) is 2.66. The number of nitrogens with zero attached hydrogens (tertiary/aromatic N) is 1. The molecule has 2 aliphatic rings. The lowest BCUT2D eigenvalue weighted by Gasteiger charge is -2.42. The SMILES string of the molecule is CC1(C)CN(CC2(CN)CCCC2)CCS1. The molecule has 1 saturated heterocycles. The summed E-state index contributed by atoms with van der Waals surface area (Å²) in [6, 6.07) is 0. The molecule has 0 aromatic rings. The number of rotatable bonds is 3. The smallest absolute Gasteiger partial charge is 0.0231 e. The normalized spacial score (nSPS) is 29.4. The van der Waals surface area contributed by atoms with Crippen LogP contribution in [-0.4, -0.2) is 41.6 Å². The summed E-state index contributed by atoms with van der Waals surface area (Å²) in [5.41, 5.74) is 6.48. The molecule has 2 N–H and O–H groups in total. The molecule has 0 radical (unpaired) electrons. The van der Waals surface area contributed by atoms with E-state index in [1.54, 1.807) is 0 Å². The molecule has 0 aromatic heterocycles. The first-order valence-corrected chi connectivity index (χ1v) is 7.60. The third-order valence-corrected chi connectivity index (χ3v) is 5.46. The number of thioether (sulfide) groups is 1. The van der Waals surface area contributed by atoms with Gasteiger partial charge >= 0.3 is 0 Å². The fourth-order valence-corrected chi connectivity index (χ4v) is 4.45. The lowest BCUT2D eigenvalue weighted by atomic mass is 9.85. The fourth-order valence-electron chi connectivity index (χ4n) is 3.28. The van der Waals surface area contributed by atoms with Gasteiger partial charge < -0.3 is 10.6 Å². The number of hydrogen-bond donors (Lipinski definition) is 1. The highest BCUT2D eigenvalue weighted by Gasteiger charge is 2.36. The van der Waals surface area contributed by atoms with Crippen LogP contribution >= 0.6 is 11.8 Å². The predicted octanol–water partition coefficient (Wildman–Crippen LogP) is 2.33. The van der Waals surface area contributed by atoms with Crippen molar-refractivity contribution in [2.45, 2.75) is 44.3 Å². The van der Waals surface area contributed by atoms with E-state index in [9.17, 15) is 0 Å². The van der Waals surface area contributed by atoms with Crippen LogP contribution < -0.4 is 5.73 Å². The van der Waals surface area contributed by atoms with Crippen molar-refractivity contribution in [1.82, 2.24) is 4.90 Å². The zero-order chi connectivity index (χ0) is 11.6. The Labute approximate surface area is 104 Å². The summed E-state index contributed by atoms with van der Waals surface area (Å²) in [6.07, 6.45) is 5.49. The van der Waals surface area contributed by atoms with E-state index in [4.69, 9.17) is 5.73 Å². The summed E-state index contributed by atoms with van der Waals surface area (Å²) >= 11 is 2.12. The standard InChI is InChI=1S/C13H26N2S/c1-12(2)10-15(7-8-16-12)11-13(9-14)5-3-4-6-13/h3-11,14H2,1-2H3. The van der Waals surface area contributed by atoms with E-state index in [0.29, 0.717) is 10.2 Å². The average molecular weight is 242 g/mol. The second kappa shape index (κ2) is 4.87. The van der Waals surface area contributed by atoms with Crippen molar-refractivity contribution in [2.75, 3.05) is 31.9 Å². The number of nitrogens with two attached hydrogens (primary N) is 1. The largest absolute Gasteiger partial charge is 0.330 e. The lowest BCUT2D eigenvalue weighted by molar-refractivity contribution is 0.152. The Kier molecular flexibility index (Phi) is 3.87. The fraction of sp³-hybridized carbons (Fsp3) is 1.00. The monoisotopic (exact) mass is 242 g/mol. The van der Waals surface area contributed by atoms with E-state index < -0.39 is 0 Å². The van der Waals surface area contributed by atoms with Crippen molar-refractivity contribution in [1.29, 1.82) is 0 Å². The van der Waals surface area contributed by atoms with Crippen LogP contribution in [0.1, 0.15) is 39.5 Å². The average Bonchev–Trinajstić information content (AvgIpc) is 2.65. The van der Waals surface area contributed by atoms with Crippen LogP contribution in [-0.2, 0) is 0 Å². The molecule has 1 aliphatic heterocycles. The van der Waals surface area contributed by atoms with Gasteiger partial charge in [-0.05, 0) is 38.6 Å². The van der Waals surface area contributed by atoms with E-state index in [1.165, 1.54) is 51.1 Å². The lowest BCUT2D eigenvalue weighted by Crippen LogP contribution is -2.49. The summed E-state index contributed by atoms with van der Waals surface area (Å²) in [5, 5.41) is 0. The van der Waals surface area contributed by atoms with Crippen LogP contribution in [0.15, 0.2) is 0 Å². The van der Waals surface area contributed by atoms with Gasteiger partial charge in [0.15, 0.2) is 0 Å². The van der Waals surface area contributed by atoms with Gasteiger partial charge in [0.05, 0.1) is 0 Å². The molecule has 0 atom stereocenters.